The molecule has 110 valence electrons. The number of nitrogens with zero attached hydrogens (tertiary/aromatic N) is 2. The van der Waals surface area contributed by atoms with Crippen molar-refractivity contribution >= 4 is 40.2 Å². The molecular formula is C16H18ClN3O. The molecule has 0 aliphatic heterocycles. The number of nitrogens with one attached hydrogen (secondary N) is 1. The topological polar surface area (TPSA) is 56.5 Å². The van der Waals surface area contributed by atoms with Gasteiger partial charge in [-0.2, -0.15) is 0 Å². The summed E-state index contributed by atoms with van der Waals surface area (Å²) >= 11 is 6.22. The molecule has 0 fully saturated rings. The first-order valence-electron chi connectivity index (χ1n) is 6.68. The number of allylic oxidation sites excluding steroid dienone is 2. The molecule has 1 atom stereocenters. The molecule has 0 aromatic heterocycles. The molecule has 0 bridgehead atoms. The van der Waals surface area contributed by atoms with Crippen LogP contribution in [0.4, 0.5) is 11.4 Å². The van der Waals surface area contributed by atoms with Crippen LogP contribution in [0, 0.1) is 11.3 Å². The molecule has 1 unspecified atom stereocenters. The van der Waals surface area contributed by atoms with Crippen LogP contribution in [0.5, 0.6) is 0 Å². The quantitative estimate of drug-likeness (QED) is 0.906. The average Bonchev–Trinajstić information content (AvgIpc) is 2.41. The molecule has 0 heterocycles. The highest BCUT2D eigenvalue weighted by atomic mass is 35.5. The van der Waals surface area contributed by atoms with E-state index in [2.05, 4.69) is 4.99 Å². The largest absolute Gasteiger partial charge is 0.376 e. The van der Waals surface area contributed by atoms with Gasteiger partial charge in [0.1, 0.15) is 0 Å². The van der Waals surface area contributed by atoms with E-state index in [1.54, 1.807) is 13.0 Å². The Morgan fingerprint density at radius 2 is 2.00 bits per heavy atom. The Morgan fingerprint density at radius 1 is 1.33 bits per heavy atom. The molecule has 0 saturated carbocycles. The molecular weight excluding hydrogens is 286 g/mol. The minimum absolute atomic E-state index is 0.135. The number of rotatable bonds is 2. The monoisotopic (exact) mass is 303 g/mol. The number of anilines is 1. The summed E-state index contributed by atoms with van der Waals surface area (Å²) in [5, 5.41) is 8.57. The van der Waals surface area contributed by atoms with Crippen LogP contribution in [0.3, 0.4) is 0 Å². The van der Waals surface area contributed by atoms with Crippen molar-refractivity contribution in [1.82, 2.24) is 0 Å². The summed E-state index contributed by atoms with van der Waals surface area (Å²) < 4.78 is 0. The summed E-state index contributed by atoms with van der Waals surface area (Å²) in [6, 6.07) is 5.42. The SMILES string of the molecule is CC1=CC(=O)C(=Nc2ccc(N(C)C)c(Cl)c2)C(C)C1=N. The van der Waals surface area contributed by atoms with Crippen molar-refractivity contribution in [2.24, 2.45) is 10.9 Å². The van der Waals surface area contributed by atoms with Crippen LogP contribution >= 0.6 is 11.6 Å². The molecule has 0 radical (unpaired) electrons. The third kappa shape index (κ3) is 3.05. The average molecular weight is 304 g/mol. The second kappa shape index (κ2) is 5.82. The zero-order chi connectivity index (χ0) is 15.7. The second-order valence-corrected chi connectivity index (χ2v) is 5.76. The molecule has 1 N–H and O–H groups in total. The summed E-state index contributed by atoms with van der Waals surface area (Å²) in [6.45, 7) is 3.60. The lowest BCUT2D eigenvalue weighted by atomic mass is 9.86. The first-order valence-corrected chi connectivity index (χ1v) is 7.06. The minimum atomic E-state index is -0.296. The van der Waals surface area contributed by atoms with E-state index in [1.807, 2.05) is 38.1 Å². The third-order valence-corrected chi connectivity index (χ3v) is 3.83. The Morgan fingerprint density at radius 3 is 2.57 bits per heavy atom. The summed E-state index contributed by atoms with van der Waals surface area (Å²) in [6.07, 6.45) is 1.47. The van der Waals surface area contributed by atoms with Gasteiger partial charge >= 0.3 is 0 Å². The maximum Gasteiger partial charge on any atom is 0.201 e. The van der Waals surface area contributed by atoms with Crippen LogP contribution in [0.2, 0.25) is 5.02 Å². The lowest BCUT2D eigenvalue weighted by molar-refractivity contribution is -0.109. The maximum atomic E-state index is 12.1. The molecule has 1 aromatic rings. The first-order chi connectivity index (χ1) is 9.81. The molecule has 0 spiro atoms. The number of hydrogen-bond donors (Lipinski definition) is 1. The number of benzene rings is 1. The van der Waals surface area contributed by atoms with E-state index < -0.39 is 0 Å². The highest BCUT2D eigenvalue weighted by Crippen LogP contribution is 2.29. The predicted octanol–water partition coefficient (Wildman–Crippen LogP) is 3.66. The summed E-state index contributed by atoms with van der Waals surface area (Å²) in [4.78, 5) is 18.4. The van der Waals surface area contributed by atoms with E-state index in [-0.39, 0.29) is 11.7 Å². The molecule has 2 rings (SSSR count). The van der Waals surface area contributed by atoms with Gasteiger partial charge in [-0.3, -0.25) is 4.79 Å². The second-order valence-electron chi connectivity index (χ2n) is 5.35. The molecule has 21 heavy (non-hydrogen) atoms. The predicted molar refractivity (Wildman–Crippen MR) is 88.5 cm³/mol. The first kappa shape index (κ1) is 15.4. The minimum Gasteiger partial charge on any atom is -0.376 e. The van der Waals surface area contributed by atoms with Crippen molar-refractivity contribution < 1.29 is 4.79 Å². The van der Waals surface area contributed by atoms with Crippen LogP contribution in [0.1, 0.15) is 13.8 Å². The Bertz CT molecular complexity index is 674. The molecule has 1 aromatic carbocycles. The van der Waals surface area contributed by atoms with Crippen molar-refractivity contribution in [2.45, 2.75) is 13.8 Å². The zero-order valence-corrected chi connectivity index (χ0v) is 13.3. The Labute approximate surface area is 129 Å². The maximum absolute atomic E-state index is 12.1. The Balaban J connectivity index is 2.42. The van der Waals surface area contributed by atoms with Crippen molar-refractivity contribution in [2.75, 3.05) is 19.0 Å². The Kier molecular flexibility index (Phi) is 4.28. The number of ketones is 1. The molecule has 0 amide bonds. The number of aliphatic imine (C=N–C) groups is 1. The van der Waals surface area contributed by atoms with Crippen LogP contribution in [0.15, 0.2) is 34.8 Å². The van der Waals surface area contributed by atoms with Gasteiger partial charge in [-0.05, 0) is 36.8 Å². The van der Waals surface area contributed by atoms with E-state index in [0.29, 0.717) is 27.7 Å². The van der Waals surface area contributed by atoms with Crippen molar-refractivity contribution in [3.8, 4) is 0 Å². The van der Waals surface area contributed by atoms with Crippen molar-refractivity contribution in [3.05, 3.63) is 34.9 Å². The lowest BCUT2D eigenvalue weighted by Gasteiger charge is -2.20. The van der Waals surface area contributed by atoms with Gasteiger partial charge in [0.2, 0.25) is 5.78 Å². The lowest BCUT2D eigenvalue weighted by Crippen LogP contribution is -2.32. The number of carbonyl (C=O) groups excluding carboxylic acids is 1. The fourth-order valence-corrected chi connectivity index (χ4v) is 2.60. The van der Waals surface area contributed by atoms with Gasteiger partial charge in [0.25, 0.3) is 0 Å². The normalized spacial score (nSPS) is 20.7. The van der Waals surface area contributed by atoms with Crippen LogP contribution in [-0.4, -0.2) is 31.3 Å². The van der Waals surface area contributed by atoms with Gasteiger partial charge in [0.15, 0.2) is 0 Å². The smallest absolute Gasteiger partial charge is 0.201 e. The molecule has 5 heteroatoms. The summed E-state index contributed by atoms with van der Waals surface area (Å²) in [7, 11) is 3.82. The van der Waals surface area contributed by atoms with E-state index in [4.69, 9.17) is 17.0 Å². The van der Waals surface area contributed by atoms with E-state index in [1.165, 1.54) is 6.08 Å². The van der Waals surface area contributed by atoms with Gasteiger partial charge in [0.05, 0.1) is 22.1 Å². The fraction of sp³-hybridized carbons (Fsp3) is 0.312. The van der Waals surface area contributed by atoms with Gasteiger partial charge in [-0.25, -0.2) is 4.99 Å². The molecule has 1 aliphatic rings. The van der Waals surface area contributed by atoms with Crippen LogP contribution in [-0.2, 0) is 4.79 Å². The van der Waals surface area contributed by atoms with Gasteiger partial charge in [-0.15, -0.1) is 0 Å². The molecule has 1 aliphatic carbocycles. The standard InChI is InChI=1S/C16H18ClN3O/c1-9-7-14(21)16(10(2)15(9)18)19-11-5-6-13(20(3)4)12(17)8-11/h5-8,10,18H,1-4H3. The van der Waals surface area contributed by atoms with E-state index >= 15 is 0 Å². The zero-order valence-electron chi connectivity index (χ0n) is 12.6. The van der Waals surface area contributed by atoms with Gasteiger partial charge in [0, 0.05) is 25.7 Å². The van der Waals surface area contributed by atoms with Gasteiger partial charge in [-0.1, -0.05) is 18.5 Å². The van der Waals surface area contributed by atoms with Crippen molar-refractivity contribution in [1.29, 1.82) is 5.41 Å². The number of halogens is 1. The fourth-order valence-electron chi connectivity index (χ4n) is 2.26. The Hall–Kier alpha value is -1.94. The number of hydrogen-bond acceptors (Lipinski definition) is 4. The highest BCUT2D eigenvalue weighted by Gasteiger charge is 2.27. The summed E-state index contributed by atoms with van der Waals surface area (Å²) in [5.74, 6) is -0.432. The highest BCUT2D eigenvalue weighted by molar-refractivity contribution is 6.51. The van der Waals surface area contributed by atoms with Crippen molar-refractivity contribution in [3.63, 3.8) is 0 Å². The summed E-state index contributed by atoms with van der Waals surface area (Å²) in [5.41, 5.74) is 3.05. The van der Waals surface area contributed by atoms with E-state index in [9.17, 15) is 4.79 Å². The van der Waals surface area contributed by atoms with Crippen LogP contribution in [0.25, 0.3) is 0 Å². The number of carbonyl (C=O) groups is 1. The van der Waals surface area contributed by atoms with E-state index in [0.717, 1.165) is 5.69 Å². The third-order valence-electron chi connectivity index (χ3n) is 3.53. The molecule has 4 nitrogen and oxygen atoms in total. The van der Waals surface area contributed by atoms with Crippen LogP contribution < -0.4 is 4.90 Å². The van der Waals surface area contributed by atoms with Gasteiger partial charge < -0.3 is 10.3 Å². The molecule has 0 saturated heterocycles.